The molecule has 0 saturated carbocycles. The van der Waals surface area contributed by atoms with Gasteiger partial charge in [0.05, 0.1) is 10.5 Å². The number of anilines is 1. The molecule has 0 spiro atoms. The number of rotatable bonds is 2. The molecule has 1 heterocycles. The third-order valence-electron chi connectivity index (χ3n) is 2.36. The molecule has 0 radical (unpaired) electrons. The average molecular weight is 245 g/mol. The lowest BCUT2D eigenvalue weighted by atomic mass is 10.2. The van der Waals surface area contributed by atoms with Crippen molar-refractivity contribution in [2.24, 2.45) is 0 Å². The van der Waals surface area contributed by atoms with Crippen molar-refractivity contribution in [2.45, 2.75) is 19.9 Å². The Balaban J connectivity index is 0.00000112. The monoisotopic (exact) mass is 244 g/mol. The quantitative estimate of drug-likeness (QED) is 0.803. The molecule has 4 heteroatoms. The highest BCUT2D eigenvalue weighted by molar-refractivity contribution is 6.36. The van der Waals surface area contributed by atoms with Crippen LogP contribution < -0.4 is 5.73 Å². The number of benzene rings is 1. The van der Waals surface area contributed by atoms with Crippen molar-refractivity contribution in [1.29, 1.82) is 0 Å². The van der Waals surface area contributed by atoms with Gasteiger partial charge in [-0.2, -0.15) is 0 Å². The average Bonchev–Trinajstić information content (AvgIpc) is 2.46. The fraction of sp³-hybridized carbons (Fsp3) is 0.273. The molecule has 0 aliphatic heterocycles. The molecule has 1 aromatic heterocycles. The van der Waals surface area contributed by atoms with Crippen LogP contribution >= 0.6 is 24.0 Å². The summed E-state index contributed by atoms with van der Waals surface area (Å²) in [4.78, 5) is 0. The predicted molar refractivity (Wildman–Crippen MR) is 68.9 cm³/mol. The minimum Gasteiger partial charge on any atom is -0.398 e. The molecule has 0 amide bonds. The SMILES string of the molecule is CCCn1cc(Cl)c2c(N)cccc21.Cl. The van der Waals surface area contributed by atoms with Crippen molar-refractivity contribution in [3.8, 4) is 0 Å². The Bertz CT molecular complexity index is 463. The van der Waals surface area contributed by atoms with Crippen LogP contribution in [0.1, 0.15) is 13.3 Å². The van der Waals surface area contributed by atoms with E-state index in [1.54, 1.807) is 0 Å². The summed E-state index contributed by atoms with van der Waals surface area (Å²) in [5, 5.41) is 1.72. The second kappa shape index (κ2) is 4.77. The van der Waals surface area contributed by atoms with Gasteiger partial charge in [-0.05, 0) is 18.6 Å². The maximum absolute atomic E-state index is 6.12. The second-order valence-electron chi connectivity index (χ2n) is 3.41. The fourth-order valence-corrected chi connectivity index (χ4v) is 2.08. The van der Waals surface area contributed by atoms with Crippen LogP contribution in [-0.4, -0.2) is 4.57 Å². The van der Waals surface area contributed by atoms with Gasteiger partial charge in [-0.3, -0.25) is 0 Å². The zero-order chi connectivity index (χ0) is 10.1. The number of fused-ring (bicyclic) bond motifs is 1. The van der Waals surface area contributed by atoms with Crippen molar-refractivity contribution in [3.05, 3.63) is 29.4 Å². The lowest BCUT2D eigenvalue weighted by Crippen LogP contribution is -1.94. The molecular weight excluding hydrogens is 231 g/mol. The van der Waals surface area contributed by atoms with Gasteiger partial charge in [-0.25, -0.2) is 0 Å². The van der Waals surface area contributed by atoms with Crippen LogP contribution in [0, 0.1) is 0 Å². The molecule has 0 atom stereocenters. The van der Waals surface area contributed by atoms with E-state index in [-0.39, 0.29) is 12.4 Å². The van der Waals surface area contributed by atoms with Crippen molar-refractivity contribution >= 4 is 40.6 Å². The lowest BCUT2D eigenvalue weighted by molar-refractivity contribution is 0.704. The smallest absolute Gasteiger partial charge is 0.0682 e. The van der Waals surface area contributed by atoms with Crippen LogP contribution in [0.2, 0.25) is 5.02 Å². The van der Waals surface area contributed by atoms with Gasteiger partial charge in [0, 0.05) is 23.8 Å². The Morgan fingerprint density at radius 1 is 1.40 bits per heavy atom. The maximum atomic E-state index is 6.12. The van der Waals surface area contributed by atoms with E-state index in [9.17, 15) is 0 Å². The molecular formula is C11H14Cl2N2. The Kier molecular flexibility index (Phi) is 3.89. The topological polar surface area (TPSA) is 30.9 Å². The van der Waals surface area contributed by atoms with Gasteiger partial charge in [-0.1, -0.05) is 24.6 Å². The predicted octanol–water partition coefficient (Wildman–Crippen LogP) is 3.71. The summed E-state index contributed by atoms with van der Waals surface area (Å²) in [6.07, 6.45) is 3.04. The van der Waals surface area contributed by atoms with E-state index < -0.39 is 0 Å². The number of nitrogen functional groups attached to an aromatic ring is 1. The molecule has 1 aromatic carbocycles. The molecule has 82 valence electrons. The maximum Gasteiger partial charge on any atom is 0.0682 e. The molecule has 2 N–H and O–H groups in total. The number of nitrogens with two attached hydrogens (primary N) is 1. The number of nitrogens with zero attached hydrogens (tertiary/aromatic N) is 1. The lowest BCUT2D eigenvalue weighted by Gasteiger charge is -2.02. The van der Waals surface area contributed by atoms with Crippen LogP contribution in [0.4, 0.5) is 5.69 Å². The number of hydrogen-bond acceptors (Lipinski definition) is 1. The molecule has 2 aromatic rings. The van der Waals surface area contributed by atoms with E-state index in [0.717, 1.165) is 34.6 Å². The molecule has 0 aliphatic rings. The largest absolute Gasteiger partial charge is 0.398 e. The van der Waals surface area contributed by atoms with Crippen molar-refractivity contribution in [2.75, 3.05) is 5.73 Å². The zero-order valence-corrected chi connectivity index (χ0v) is 10.1. The third-order valence-corrected chi connectivity index (χ3v) is 2.64. The van der Waals surface area contributed by atoms with Gasteiger partial charge < -0.3 is 10.3 Å². The van der Waals surface area contributed by atoms with E-state index in [1.807, 2.05) is 24.4 Å². The molecule has 2 nitrogen and oxygen atoms in total. The normalized spacial score (nSPS) is 10.3. The minimum atomic E-state index is 0. The van der Waals surface area contributed by atoms with Crippen LogP contribution in [0.3, 0.4) is 0 Å². The van der Waals surface area contributed by atoms with E-state index in [1.165, 1.54) is 0 Å². The first-order valence-corrected chi connectivity index (χ1v) is 5.14. The van der Waals surface area contributed by atoms with Gasteiger partial charge in [0.15, 0.2) is 0 Å². The number of halogens is 2. The minimum absolute atomic E-state index is 0. The Hall–Kier alpha value is -0.860. The Labute approximate surface area is 100 Å². The highest BCUT2D eigenvalue weighted by Gasteiger charge is 2.08. The fourth-order valence-electron chi connectivity index (χ4n) is 1.75. The number of aromatic nitrogens is 1. The third kappa shape index (κ3) is 2.06. The van der Waals surface area contributed by atoms with E-state index in [4.69, 9.17) is 17.3 Å². The Morgan fingerprint density at radius 2 is 2.13 bits per heavy atom. The van der Waals surface area contributed by atoms with E-state index >= 15 is 0 Å². The first kappa shape index (κ1) is 12.2. The van der Waals surface area contributed by atoms with Crippen molar-refractivity contribution in [1.82, 2.24) is 4.57 Å². The highest BCUT2D eigenvalue weighted by atomic mass is 35.5. The molecule has 0 aliphatic carbocycles. The molecule has 0 saturated heterocycles. The Morgan fingerprint density at radius 3 is 2.80 bits per heavy atom. The van der Waals surface area contributed by atoms with Gasteiger partial charge in [0.25, 0.3) is 0 Å². The van der Waals surface area contributed by atoms with Crippen LogP contribution in [0.15, 0.2) is 24.4 Å². The summed E-state index contributed by atoms with van der Waals surface area (Å²) in [7, 11) is 0. The highest BCUT2D eigenvalue weighted by Crippen LogP contribution is 2.30. The summed E-state index contributed by atoms with van der Waals surface area (Å²) in [5.74, 6) is 0. The molecule has 0 bridgehead atoms. The molecule has 15 heavy (non-hydrogen) atoms. The van der Waals surface area contributed by atoms with Crippen LogP contribution in [0.25, 0.3) is 10.9 Å². The first-order chi connectivity index (χ1) is 6.74. The molecule has 2 rings (SSSR count). The van der Waals surface area contributed by atoms with E-state index in [0.29, 0.717) is 0 Å². The van der Waals surface area contributed by atoms with Gasteiger partial charge in [0.2, 0.25) is 0 Å². The van der Waals surface area contributed by atoms with Gasteiger partial charge >= 0.3 is 0 Å². The van der Waals surface area contributed by atoms with Crippen molar-refractivity contribution in [3.63, 3.8) is 0 Å². The second-order valence-corrected chi connectivity index (χ2v) is 3.82. The standard InChI is InChI=1S/C11H13ClN2.ClH/c1-2-6-14-7-8(12)11-9(13)4-3-5-10(11)14;/h3-5,7H,2,6,13H2,1H3;1H. The molecule has 0 fully saturated rings. The zero-order valence-electron chi connectivity index (χ0n) is 8.53. The van der Waals surface area contributed by atoms with Crippen LogP contribution in [-0.2, 0) is 6.54 Å². The van der Waals surface area contributed by atoms with Gasteiger partial charge in [-0.15, -0.1) is 12.4 Å². The van der Waals surface area contributed by atoms with Gasteiger partial charge in [0.1, 0.15) is 0 Å². The first-order valence-electron chi connectivity index (χ1n) is 4.77. The van der Waals surface area contributed by atoms with Crippen molar-refractivity contribution < 1.29 is 0 Å². The summed E-state index contributed by atoms with van der Waals surface area (Å²) in [6.45, 7) is 3.12. The summed E-state index contributed by atoms with van der Waals surface area (Å²) >= 11 is 6.12. The van der Waals surface area contributed by atoms with E-state index in [2.05, 4.69) is 11.5 Å². The number of hydrogen-bond donors (Lipinski definition) is 1. The van der Waals surface area contributed by atoms with Crippen LogP contribution in [0.5, 0.6) is 0 Å². The summed E-state index contributed by atoms with van der Waals surface area (Å²) in [6, 6.07) is 5.89. The summed E-state index contributed by atoms with van der Waals surface area (Å²) in [5.41, 5.74) is 7.74. The number of aryl methyl sites for hydroxylation is 1. The molecule has 0 unspecified atom stereocenters. The summed E-state index contributed by atoms with van der Waals surface area (Å²) < 4.78 is 2.15.